The van der Waals surface area contributed by atoms with Gasteiger partial charge in [0.25, 0.3) is 0 Å². The monoisotopic (exact) mass is 371 g/mol. The van der Waals surface area contributed by atoms with Crippen molar-refractivity contribution < 1.29 is 23.1 Å². The van der Waals surface area contributed by atoms with Crippen LogP contribution < -0.4 is 5.32 Å². The topological polar surface area (TPSA) is 101 Å². The molecule has 24 heavy (non-hydrogen) atoms. The SMILES string of the molecule is CC(C)(C(=O)O)c1ccc(NC(=O)CSC2CCS(=O)(=O)C2)cc1. The number of carbonyl (C=O) groups excluding carboxylic acids is 1. The van der Waals surface area contributed by atoms with Gasteiger partial charge in [-0.05, 0) is 38.0 Å². The average molecular weight is 371 g/mol. The van der Waals surface area contributed by atoms with Crippen molar-refractivity contribution in [1.29, 1.82) is 0 Å². The Hall–Kier alpha value is -1.54. The molecule has 1 amide bonds. The van der Waals surface area contributed by atoms with Gasteiger partial charge in [-0.25, -0.2) is 8.42 Å². The third-order valence-electron chi connectivity index (χ3n) is 4.07. The van der Waals surface area contributed by atoms with Crippen molar-refractivity contribution >= 4 is 39.2 Å². The molecule has 132 valence electrons. The van der Waals surface area contributed by atoms with E-state index in [9.17, 15) is 23.1 Å². The van der Waals surface area contributed by atoms with Crippen LogP contribution in [0.3, 0.4) is 0 Å². The van der Waals surface area contributed by atoms with E-state index < -0.39 is 21.2 Å². The van der Waals surface area contributed by atoms with Gasteiger partial charge in [-0.15, -0.1) is 11.8 Å². The summed E-state index contributed by atoms with van der Waals surface area (Å²) in [4.78, 5) is 23.2. The Morgan fingerprint density at radius 2 is 1.92 bits per heavy atom. The van der Waals surface area contributed by atoms with Gasteiger partial charge in [0.2, 0.25) is 5.91 Å². The van der Waals surface area contributed by atoms with E-state index in [-0.39, 0.29) is 28.4 Å². The van der Waals surface area contributed by atoms with E-state index in [0.717, 1.165) is 0 Å². The van der Waals surface area contributed by atoms with Crippen LogP contribution in [-0.4, -0.2) is 47.9 Å². The van der Waals surface area contributed by atoms with Crippen molar-refractivity contribution in [3.05, 3.63) is 29.8 Å². The van der Waals surface area contributed by atoms with E-state index in [2.05, 4.69) is 5.32 Å². The van der Waals surface area contributed by atoms with Crippen molar-refractivity contribution in [2.75, 3.05) is 22.6 Å². The standard InChI is InChI=1S/C16H21NO5S2/c1-16(2,15(19)20)11-3-5-12(6-4-11)17-14(18)9-23-13-7-8-24(21,22)10-13/h3-6,13H,7-10H2,1-2H3,(H,17,18)(H,19,20). The minimum Gasteiger partial charge on any atom is -0.481 e. The van der Waals surface area contributed by atoms with Gasteiger partial charge in [-0.3, -0.25) is 9.59 Å². The van der Waals surface area contributed by atoms with Crippen LogP contribution in [0.1, 0.15) is 25.8 Å². The molecule has 2 N–H and O–H groups in total. The first-order valence-corrected chi connectivity index (χ1v) is 10.4. The Morgan fingerprint density at radius 3 is 2.42 bits per heavy atom. The number of anilines is 1. The summed E-state index contributed by atoms with van der Waals surface area (Å²) >= 11 is 1.36. The molecule has 0 radical (unpaired) electrons. The predicted octanol–water partition coefficient (Wildman–Crippen LogP) is 1.91. The van der Waals surface area contributed by atoms with Gasteiger partial charge in [0, 0.05) is 10.9 Å². The Balaban J connectivity index is 1.87. The Labute approximate surface area is 145 Å². The number of carboxylic acid groups (broad SMARTS) is 1. The number of amides is 1. The fourth-order valence-electron chi connectivity index (χ4n) is 2.38. The van der Waals surface area contributed by atoms with Crippen LogP contribution in [0.15, 0.2) is 24.3 Å². The number of nitrogens with one attached hydrogen (secondary N) is 1. The molecule has 0 aliphatic carbocycles. The minimum absolute atomic E-state index is 0.0144. The molecule has 1 aliphatic heterocycles. The highest BCUT2D eigenvalue weighted by molar-refractivity contribution is 8.02. The summed E-state index contributed by atoms with van der Waals surface area (Å²) < 4.78 is 22.8. The van der Waals surface area contributed by atoms with E-state index in [1.54, 1.807) is 38.1 Å². The summed E-state index contributed by atoms with van der Waals surface area (Å²) in [6.45, 7) is 3.24. The summed E-state index contributed by atoms with van der Waals surface area (Å²) in [7, 11) is -2.93. The number of hydrogen-bond donors (Lipinski definition) is 2. The summed E-state index contributed by atoms with van der Waals surface area (Å²) in [5.41, 5.74) is 0.245. The molecule has 1 saturated heterocycles. The number of aliphatic carboxylic acids is 1. The molecule has 1 aromatic carbocycles. The smallest absolute Gasteiger partial charge is 0.313 e. The van der Waals surface area contributed by atoms with Crippen LogP contribution in [0.2, 0.25) is 0 Å². The summed E-state index contributed by atoms with van der Waals surface area (Å²) in [5, 5.41) is 11.9. The number of benzene rings is 1. The highest BCUT2D eigenvalue weighted by atomic mass is 32.2. The van der Waals surface area contributed by atoms with Crippen molar-refractivity contribution in [2.45, 2.75) is 30.9 Å². The molecule has 1 fully saturated rings. The number of hydrogen-bond acceptors (Lipinski definition) is 5. The number of rotatable bonds is 6. The fourth-order valence-corrected chi connectivity index (χ4v) is 5.82. The maximum absolute atomic E-state index is 11.9. The van der Waals surface area contributed by atoms with Crippen LogP contribution >= 0.6 is 11.8 Å². The van der Waals surface area contributed by atoms with Gasteiger partial charge in [-0.2, -0.15) is 0 Å². The van der Waals surface area contributed by atoms with Crippen LogP contribution in [0.5, 0.6) is 0 Å². The second kappa shape index (κ2) is 7.14. The molecule has 0 bridgehead atoms. The highest BCUT2D eigenvalue weighted by Crippen LogP contribution is 2.26. The third-order valence-corrected chi connectivity index (χ3v) is 7.35. The van der Waals surface area contributed by atoms with E-state index >= 15 is 0 Å². The maximum atomic E-state index is 11.9. The maximum Gasteiger partial charge on any atom is 0.313 e. The summed E-state index contributed by atoms with van der Waals surface area (Å²) in [5.74, 6) is -0.573. The predicted molar refractivity (Wildman–Crippen MR) is 95.3 cm³/mol. The zero-order chi connectivity index (χ0) is 18.0. The van der Waals surface area contributed by atoms with Crippen LogP contribution in [-0.2, 0) is 24.8 Å². The van der Waals surface area contributed by atoms with Gasteiger partial charge < -0.3 is 10.4 Å². The van der Waals surface area contributed by atoms with Crippen molar-refractivity contribution in [2.24, 2.45) is 0 Å². The van der Waals surface area contributed by atoms with E-state index in [1.807, 2.05) is 0 Å². The lowest BCUT2D eigenvalue weighted by molar-refractivity contribution is -0.142. The van der Waals surface area contributed by atoms with Gasteiger partial charge in [-0.1, -0.05) is 12.1 Å². The number of carbonyl (C=O) groups is 2. The normalized spacial score (nSPS) is 19.8. The molecule has 1 aromatic rings. The molecule has 8 heteroatoms. The molecular formula is C16H21NO5S2. The molecule has 0 aromatic heterocycles. The molecule has 0 saturated carbocycles. The first-order valence-electron chi connectivity index (χ1n) is 7.56. The van der Waals surface area contributed by atoms with Crippen molar-refractivity contribution in [3.8, 4) is 0 Å². The number of thioether (sulfide) groups is 1. The average Bonchev–Trinajstić information content (AvgIpc) is 2.85. The van der Waals surface area contributed by atoms with E-state index in [4.69, 9.17) is 0 Å². The molecule has 1 atom stereocenters. The minimum atomic E-state index is -2.93. The zero-order valence-corrected chi connectivity index (χ0v) is 15.2. The number of carboxylic acids is 1. The first kappa shape index (κ1) is 18.8. The van der Waals surface area contributed by atoms with Gasteiger partial charge in [0.1, 0.15) is 0 Å². The summed E-state index contributed by atoms with van der Waals surface area (Å²) in [6, 6.07) is 6.70. The molecule has 1 aliphatic rings. The van der Waals surface area contributed by atoms with Gasteiger partial charge >= 0.3 is 5.97 Å². The third kappa shape index (κ3) is 4.73. The van der Waals surface area contributed by atoms with Gasteiger partial charge in [0.15, 0.2) is 9.84 Å². The Bertz CT molecular complexity index is 725. The van der Waals surface area contributed by atoms with E-state index in [0.29, 0.717) is 17.7 Å². The molecule has 1 unspecified atom stereocenters. The lowest BCUT2D eigenvalue weighted by Gasteiger charge is -2.19. The Kier molecular flexibility index (Phi) is 5.59. The lowest BCUT2D eigenvalue weighted by Crippen LogP contribution is -2.28. The second-order valence-electron chi connectivity index (χ2n) is 6.39. The van der Waals surface area contributed by atoms with Crippen LogP contribution in [0.25, 0.3) is 0 Å². The molecular weight excluding hydrogens is 350 g/mol. The molecule has 1 heterocycles. The largest absolute Gasteiger partial charge is 0.481 e. The molecule has 0 spiro atoms. The van der Waals surface area contributed by atoms with Gasteiger partial charge in [0.05, 0.1) is 22.7 Å². The summed E-state index contributed by atoms with van der Waals surface area (Å²) in [6.07, 6.45) is 0.596. The second-order valence-corrected chi connectivity index (χ2v) is 9.91. The van der Waals surface area contributed by atoms with Crippen molar-refractivity contribution in [1.82, 2.24) is 0 Å². The fraction of sp³-hybridized carbons (Fsp3) is 0.500. The lowest BCUT2D eigenvalue weighted by atomic mass is 9.85. The molecule has 6 nitrogen and oxygen atoms in total. The first-order chi connectivity index (χ1) is 11.1. The highest BCUT2D eigenvalue weighted by Gasteiger charge is 2.30. The van der Waals surface area contributed by atoms with Crippen LogP contribution in [0.4, 0.5) is 5.69 Å². The number of sulfone groups is 1. The van der Waals surface area contributed by atoms with Crippen LogP contribution in [0, 0.1) is 0 Å². The zero-order valence-electron chi connectivity index (χ0n) is 13.6. The van der Waals surface area contributed by atoms with Crippen molar-refractivity contribution in [3.63, 3.8) is 0 Å². The van der Waals surface area contributed by atoms with E-state index in [1.165, 1.54) is 11.8 Å². The molecule has 2 rings (SSSR count). The quantitative estimate of drug-likeness (QED) is 0.792. The Morgan fingerprint density at radius 1 is 1.29 bits per heavy atom.